The van der Waals surface area contributed by atoms with Gasteiger partial charge in [0.15, 0.2) is 0 Å². The summed E-state index contributed by atoms with van der Waals surface area (Å²) in [5.41, 5.74) is 0.589. The number of hydrogen-bond donors (Lipinski definition) is 0. The monoisotopic (exact) mass is 259 g/mol. The van der Waals surface area contributed by atoms with Crippen LogP contribution in [0, 0.1) is 5.82 Å². The lowest BCUT2D eigenvalue weighted by molar-refractivity contribution is 0.222. The predicted molar refractivity (Wildman–Crippen MR) is 73.4 cm³/mol. The minimum atomic E-state index is -0.206. The second-order valence-corrected chi connectivity index (χ2v) is 5.17. The Morgan fingerprint density at radius 1 is 1.21 bits per heavy atom. The third kappa shape index (κ3) is 2.40. The van der Waals surface area contributed by atoms with E-state index in [4.69, 9.17) is 0 Å². The number of benzene rings is 1. The van der Waals surface area contributed by atoms with Crippen molar-refractivity contribution in [2.24, 2.45) is 0 Å². The third-order valence-electron chi connectivity index (χ3n) is 3.86. The molecule has 4 heteroatoms. The molecule has 1 saturated heterocycles. The predicted octanol–water partition coefficient (Wildman–Crippen LogP) is 2.96. The average Bonchev–Trinajstić information content (AvgIpc) is 2.89. The molecule has 1 aliphatic heterocycles. The largest absolute Gasteiger partial charge is 0.328 e. The van der Waals surface area contributed by atoms with Gasteiger partial charge in [0.2, 0.25) is 0 Å². The summed E-state index contributed by atoms with van der Waals surface area (Å²) in [6.45, 7) is 2.17. The van der Waals surface area contributed by atoms with Crippen LogP contribution < -0.4 is 0 Å². The average molecular weight is 259 g/mol. The highest BCUT2D eigenvalue weighted by atomic mass is 19.1. The molecule has 1 fully saturated rings. The van der Waals surface area contributed by atoms with E-state index in [0.29, 0.717) is 11.6 Å². The lowest BCUT2D eigenvalue weighted by atomic mass is 10.0. The summed E-state index contributed by atoms with van der Waals surface area (Å²) >= 11 is 0. The van der Waals surface area contributed by atoms with E-state index in [1.807, 2.05) is 12.3 Å². The molecule has 0 aliphatic carbocycles. The lowest BCUT2D eigenvalue weighted by Crippen LogP contribution is -2.31. The van der Waals surface area contributed by atoms with E-state index in [0.717, 1.165) is 31.8 Å². The fourth-order valence-electron chi connectivity index (χ4n) is 2.73. The second kappa shape index (κ2) is 5.13. The van der Waals surface area contributed by atoms with E-state index in [2.05, 4.69) is 21.5 Å². The normalized spacial score (nSPS) is 17.8. The molecular weight excluding hydrogens is 241 g/mol. The van der Waals surface area contributed by atoms with Gasteiger partial charge < -0.3 is 9.47 Å². The van der Waals surface area contributed by atoms with Crippen molar-refractivity contribution in [1.82, 2.24) is 14.5 Å². The van der Waals surface area contributed by atoms with Crippen LogP contribution in [0.3, 0.4) is 0 Å². The van der Waals surface area contributed by atoms with Crippen LogP contribution >= 0.6 is 0 Å². The molecular formula is C15H18FN3. The minimum absolute atomic E-state index is 0.206. The van der Waals surface area contributed by atoms with E-state index in [1.165, 1.54) is 6.07 Å². The second-order valence-electron chi connectivity index (χ2n) is 5.17. The van der Waals surface area contributed by atoms with Gasteiger partial charge in [-0.1, -0.05) is 12.1 Å². The molecule has 0 bridgehead atoms. The first-order chi connectivity index (χ1) is 9.25. The van der Waals surface area contributed by atoms with Crippen molar-refractivity contribution in [3.63, 3.8) is 0 Å². The quantitative estimate of drug-likeness (QED) is 0.826. The van der Waals surface area contributed by atoms with Crippen LogP contribution in [0.15, 0.2) is 36.7 Å². The third-order valence-corrected chi connectivity index (χ3v) is 3.86. The zero-order valence-electron chi connectivity index (χ0n) is 11.1. The number of nitrogens with zero attached hydrogens (tertiary/aromatic N) is 3. The molecule has 0 spiro atoms. The highest BCUT2D eigenvalue weighted by molar-refractivity contribution is 5.56. The smallest absolute Gasteiger partial charge is 0.143 e. The maximum Gasteiger partial charge on any atom is 0.143 e. The maximum absolute atomic E-state index is 13.9. The van der Waals surface area contributed by atoms with Crippen LogP contribution in [0.5, 0.6) is 0 Å². The SMILES string of the molecule is CN1CCC(n2ccnc2-c2ccccc2F)CC1. The number of rotatable bonds is 2. The molecule has 3 nitrogen and oxygen atoms in total. The molecule has 0 radical (unpaired) electrons. The number of likely N-dealkylation sites (tertiary alicyclic amines) is 1. The van der Waals surface area contributed by atoms with Crippen molar-refractivity contribution in [3.05, 3.63) is 42.5 Å². The summed E-state index contributed by atoms with van der Waals surface area (Å²) < 4.78 is 16.0. The van der Waals surface area contributed by atoms with Gasteiger partial charge in [0.05, 0.1) is 5.56 Å². The first-order valence-corrected chi connectivity index (χ1v) is 6.72. The summed E-state index contributed by atoms with van der Waals surface area (Å²) in [4.78, 5) is 6.68. The first kappa shape index (κ1) is 12.4. The highest BCUT2D eigenvalue weighted by Crippen LogP contribution is 2.28. The standard InChI is InChI=1S/C15H18FN3/c1-18-9-6-12(7-10-18)19-11-8-17-15(19)13-4-2-3-5-14(13)16/h2-5,8,11-12H,6-7,9-10H2,1H3. The van der Waals surface area contributed by atoms with Crippen LogP contribution in [0.1, 0.15) is 18.9 Å². The summed E-state index contributed by atoms with van der Waals surface area (Å²) in [7, 11) is 2.14. The van der Waals surface area contributed by atoms with Crippen molar-refractivity contribution < 1.29 is 4.39 Å². The van der Waals surface area contributed by atoms with Crippen LogP contribution in [-0.2, 0) is 0 Å². The van der Waals surface area contributed by atoms with Gasteiger partial charge in [0, 0.05) is 18.4 Å². The van der Waals surface area contributed by atoms with Gasteiger partial charge in [-0.2, -0.15) is 0 Å². The van der Waals surface area contributed by atoms with Crippen LogP contribution in [0.25, 0.3) is 11.4 Å². The Hall–Kier alpha value is -1.68. The number of imidazole rings is 1. The van der Waals surface area contributed by atoms with Gasteiger partial charge >= 0.3 is 0 Å². The molecule has 0 N–H and O–H groups in total. The first-order valence-electron chi connectivity index (χ1n) is 6.72. The molecule has 1 aliphatic rings. The molecule has 100 valence electrons. The van der Waals surface area contributed by atoms with Gasteiger partial charge in [0.1, 0.15) is 11.6 Å². The van der Waals surface area contributed by atoms with Crippen molar-refractivity contribution in [2.75, 3.05) is 20.1 Å². The van der Waals surface area contributed by atoms with Crippen LogP contribution in [0.4, 0.5) is 4.39 Å². The Bertz CT molecular complexity index is 556. The summed E-state index contributed by atoms with van der Waals surface area (Å²) in [6, 6.07) is 7.27. The number of aromatic nitrogens is 2. The Morgan fingerprint density at radius 2 is 1.95 bits per heavy atom. The van der Waals surface area contributed by atoms with E-state index in [1.54, 1.807) is 18.3 Å². The molecule has 0 saturated carbocycles. The van der Waals surface area contributed by atoms with Gasteiger partial charge in [-0.15, -0.1) is 0 Å². The molecule has 2 heterocycles. The topological polar surface area (TPSA) is 21.1 Å². The molecule has 0 unspecified atom stereocenters. The van der Waals surface area contributed by atoms with Gasteiger partial charge in [-0.05, 0) is 45.1 Å². The Kier molecular flexibility index (Phi) is 3.34. The van der Waals surface area contributed by atoms with Crippen molar-refractivity contribution in [2.45, 2.75) is 18.9 Å². The number of hydrogen-bond acceptors (Lipinski definition) is 2. The van der Waals surface area contributed by atoms with Crippen LogP contribution in [-0.4, -0.2) is 34.6 Å². The fourth-order valence-corrected chi connectivity index (χ4v) is 2.73. The number of piperidine rings is 1. The van der Waals surface area contributed by atoms with Gasteiger partial charge in [-0.3, -0.25) is 0 Å². The zero-order valence-corrected chi connectivity index (χ0v) is 11.1. The fraction of sp³-hybridized carbons (Fsp3) is 0.400. The molecule has 0 atom stereocenters. The molecule has 1 aromatic heterocycles. The van der Waals surface area contributed by atoms with Crippen molar-refractivity contribution >= 4 is 0 Å². The minimum Gasteiger partial charge on any atom is -0.328 e. The molecule has 2 aromatic rings. The Morgan fingerprint density at radius 3 is 2.68 bits per heavy atom. The summed E-state index contributed by atoms with van der Waals surface area (Å²) in [5.74, 6) is 0.538. The molecule has 3 rings (SSSR count). The van der Waals surface area contributed by atoms with Crippen molar-refractivity contribution in [1.29, 1.82) is 0 Å². The van der Waals surface area contributed by atoms with E-state index >= 15 is 0 Å². The molecule has 19 heavy (non-hydrogen) atoms. The summed E-state index contributed by atoms with van der Waals surface area (Å²) in [5, 5.41) is 0. The van der Waals surface area contributed by atoms with Crippen molar-refractivity contribution in [3.8, 4) is 11.4 Å². The summed E-state index contributed by atoms with van der Waals surface area (Å²) in [6.07, 6.45) is 5.92. The zero-order chi connectivity index (χ0) is 13.2. The Balaban J connectivity index is 1.93. The number of halogens is 1. The Labute approximate surface area is 112 Å². The lowest BCUT2D eigenvalue weighted by Gasteiger charge is -2.30. The van der Waals surface area contributed by atoms with E-state index in [9.17, 15) is 4.39 Å². The molecule has 1 aromatic carbocycles. The van der Waals surface area contributed by atoms with Gasteiger partial charge in [-0.25, -0.2) is 9.37 Å². The van der Waals surface area contributed by atoms with Gasteiger partial charge in [0.25, 0.3) is 0 Å². The maximum atomic E-state index is 13.9. The van der Waals surface area contributed by atoms with E-state index in [-0.39, 0.29) is 5.82 Å². The van der Waals surface area contributed by atoms with Crippen LogP contribution in [0.2, 0.25) is 0 Å². The molecule has 0 amide bonds. The highest BCUT2D eigenvalue weighted by Gasteiger charge is 2.21. The van der Waals surface area contributed by atoms with E-state index < -0.39 is 0 Å².